The Hall–Kier alpha value is -3.06. The highest BCUT2D eigenvalue weighted by molar-refractivity contribution is 6.64. The van der Waals surface area contributed by atoms with Crippen molar-refractivity contribution in [1.29, 1.82) is 10.8 Å². The lowest BCUT2D eigenvalue weighted by molar-refractivity contribution is 0.446. The molecular formula is C17H11ClF2N4O. The maximum absolute atomic E-state index is 13.7. The van der Waals surface area contributed by atoms with Gasteiger partial charge in [0.25, 0.3) is 0 Å². The van der Waals surface area contributed by atoms with Crippen molar-refractivity contribution in [1.82, 2.24) is 9.78 Å². The van der Waals surface area contributed by atoms with E-state index in [0.29, 0.717) is 11.1 Å². The van der Waals surface area contributed by atoms with Crippen LogP contribution in [0.1, 0.15) is 0 Å². The number of halogens is 3. The maximum Gasteiger partial charge on any atom is 0.237 e. The van der Waals surface area contributed by atoms with E-state index >= 15 is 0 Å². The van der Waals surface area contributed by atoms with Crippen LogP contribution in [0.3, 0.4) is 0 Å². The van der Waals surface area contributed by atoms with Crippen LogP contribution in [0.5, 0.6) is 11.6 Å². The lowest BCUT2D eigenvalue weighted by Crippen LogP contribution is -2.25. The third-order valence-electron chi connectivity index (χ3n) is 3.29. The van der Waals surface area contributed by atoms with E-state index in [1.807, 2.05) is 0 Å². The van der Waals surface area contributed by atoms with Crippen molar-refractivity contribution in [2.75, 3.05) is 0 Å². The van der Waals surface area contributed by atoms with E-state index in [9.17, 15) is 8.78 Å². The van der Waals surface area contributed by atoms with Crippen molar-refractivity contribution < 1.29 is 13.5 Å². The molecule has 0 saturated carbocycles. The summed E-state index contributed by atoms with van der Waals surface area (Å²) in [6, 6.07) is 12.4. The van der Waals surface area contributed by atoms with Gasteiger partial charge < -0.3 is 4.74 Å². The summed E-state index contributed by atoms with van der Waals surface area (Å²) >= 11 is 5.56. The predicted octanol–water partition coefficient (Wildman–Crippen LogP) is 4.12. The van der Waals surface area contributed by atoms with Gasteiger partial charge in [-0.05, 0) is 47.5 Å². The molecule has 2 aromatic carbocycles. The van der Waals surface area contributed by atoms with Gasteiger partial charge in [0.2, 0.25) is 11.2 Å². The summed E-state index contributed by atoms with van der Waals surface area (Å²) in [7, 11) is 0. The van der Waals surface area contributed by atoms with E-state index in [2.05, 4.69) is 5.10 Å². The van der Waals surface area contributed by atoms with Crippen LogP contribution in [0.2, 0.25) is 0 Å². The summed E-state index contributed by atoms with van der Waals surface area (Å²) < 4.78 is 33.6. The summed E-state index contributed by atoms with van der Waals surface area (Å²) in [6.45, 7) is 0. The van der Waals surface area contributed by atoms with Crippen molar-refractivity contribution in [3.63, 3.8) is 0 Å². The van der Waals surface area contributed by atoms with Crippen molar-refractivity contribution in [2.45, 2.75) is 0 Å². The van der Waals surface area contributed by atoms with Crippen LogP contribution in [0, 0.1) is 22.5 Å². The molecule has 0 radical (unpaired) electrons. The van der Waals surface area contributed by atoms with Crippen LogP contribution in [-0.2, 0) is 0 Å². The standard InChI is InChI=1S/C17H11ClF2N4O/c18-17(22)24-15(21)6-7-16(23-24)25-14-9-12(20)4-5-13(14)10-2-1-3-11(19)8-10/h1-9,21-22H. The lowest BCUT2D eigenvalue weighted by atomic mass is 10.0. The van der Waals surface area contributed by atoms with Gasteiger partial charge in [-0.15, -0.1) is 5.10 Å². The minimum absolute atomic E-state index is 0.00431. The summed E-state index contributed by atoms with van der Waals surface area (Å²) in [6.07, 6.45) is 0. The first kappa shape index (κ1) is 16.8. The lowest BCUT2D eigenvalue weighted by Gasteiger charge is -2.12. The number of nitrogens with one attached hydrogen (secondary N) is 2. The molecule has 8 heteroatoms. The molecule has 0 spiro atoms. The Bertz CT molecular complexity index is 1020. The molecule has 0 saturated heterocycles. The highest BCUT2D eigenvalue weighted by Gasteiger charge is 2.12. The van der Waals surface area contributed by atoms with Crippen molar-refractivity contribution in [3.05, 3.63) is 71.7 Å². The molecule has 2 N–H and O–H groups in total. The van der Waals surface area contributed by atoms with Crippen molar-refractivity contribution >= 4 is 16.9 Å². The molecular weight excluding hydrogens is 350 g/mol. The number of ether oxygens (including phenoxy) is 1. The van der Waals surface area contributed by atoms with Crippen LogP contribution in [0.25, 0.3) is 11.1 Å². The summed E-state index contributed by atoms with van der Waals surface area (Å²) in [4.78, 5) is 0. The highest BCUT2D eigenvalue weighted by atomic mass is 35.5. The smallest absolute Gasteiger partial charge is 0.237 e. The van der Waals surface area contributed by atoms with Gasteiger partial charge in [0, 0.05) is 17.7 Å². The molecule has 3 rings (SSSR count). The van der Waals surface area contributed by atoms with Crippen LogP contribution < -0.4 is 10.2 Å². The fourth-order valence-corrected chi connectivity index (χ4v) is 2.33. The molecule has 0 fully saturated rings. The van der Waals surface area contributed by atoms with E-state index in [-0.39, 0.29) is 17.1 Å². The van der Waals surface area contributed by atoms with Gasteiger partial charge in [0.15, 0.2) is 0 Å². The maximum atomic E-state index is 13.7. The molecule has 25 heavy (non-hydrogen) atoms. The minimum Gasteiger partial charge on any atom is -0.437 e. The van der Waals surface area contributed by atoms with Crippen molar-refractivity contribution in [2.24, 2.45) is 0 Å². The Morgan fingerprint density at radius 3 is 2.52 bits per heavy atom. The Morgan fingerprint density at radius 2 is 1.80 bits per heavy atom. The zero-order valence-electron chi connectivity index (χ0n) is 12.6. The number of nitrogens with zero attached hydrogens (tertiary/aromatic N) is 2. The minimum atomic E-state index is -0.537. The molecule has 0 amide bonds. The SMILES string of the molecule is N=C(Cl)n1nc(Oc2cc(F)ccc2-c2cccc(F)c2)ccc1=N. The highest BCUT2D eigenvalue weighted by Crippen LogP contribution is 2.33. The number of hydrogen-bond donors (Lipinski definition) is 2. The van der Waals surface area contributed by atoms with Gasteiger partial charge >= 0.3 is 0 Å². The summed E-state index contributed by atoms with van der Waals surface area (Å²) in [5.41, 5.74) is 0.854. The quantitative estimate of drug-likeness (QED) is 0.544. The molecule has 0 aliphatic carbocycles. The average Bonchev–Trinajstić information content (AvgIpc) is 2.56. The third kappa shape index (κ3) is 3.72. The first-order chi connectivity index (χ1) is 11.9. The first-order valence-electron chi connectivity index (χ1n) is 7.07. The van der Waals surface area contributed by atoms with E-state index in [4.69, 9.17) is 27.2 Å². The molecule has 0 atom stereocenters. The molecule has 3 aromatic rings. The molecule has 5 nitrogen and oxygen atoms in total. The summed E-state index contributed by atoms with van der Waals surface area (Å²) in [5, 5.41) is 18.4. The molecule has 1 heterocycles. The Balaban J connectivity index is 2.06. The molecule has 126 valence electrons. The largest absolute Gasteiger partial charge is 0.437 e. The van der Waals surface area contributed by atoms with Gasteiger partial charge in [-0.2, -0.15) is 4.68 Å². The van der Waals surface area contributed by atoms with E-state index in [1.54, 1.807) is 6.07 Å². The Morgan fingerprint density at radius 1 is 1.04 bits per heavy atom. The Labute approximate surface area is 146 Å². The van der Waals surface area contributed by atoms with E-state index in [0.717, 1.165) is 10.7 Å². The zero-order valence-corrected chi connectivity index (χ0v) is 13.4. The fraction of sp³-hybridized carbons (Fsp3) is 0. The number of benzene rings is 2. The average molecular weight is 361 g/mol. The van der Waals surface area contributed by atoms with Gasteiger partial charge in [-0.1, -0.05) is 12.1 Å². The molecule has 1 aromatic heterocycles. The second kappa shape index (κ2) is 6.82. The molecule has 0 aliphatic heterocycles. The number of hydrogen-bond acceptors (Lipinski definition) is 4. The predicted molar refractivity (Wildman–Crippen MR) is 88.9 cm³/mol. The normalized spacial score (nSPS) is 10.5. The van der Waals surface area contributed by atoms with Gasteiger partial charge in [0.05, 0.1) is 0 Å². The Kier molecular flexibility index (Phi) is 4.58. The van der Waals surface area contributed by atoms with E-state index < -0.39 is 16.9 Å². The number of rotatable bonds is 3. The summed E-state index contributed by atoms with van der Waals surface area (Å²) in [5.74, 6) is -0.851. The van der Waals surface area contributed by atoms with Gasteiger partial charge in [0.1, 0.15) is 22.9 Å². The molecule has 0 unspecified atom stereocenters. The fourth-order valence-electron chi connectivity index (χ4n) is 2.20. The van der Waals surface area contributed by atoms with Crippen LogP contribution in [-0.4, -0.2) is 15.1 Å². The van der Waals surface area contributed by atoms with Crippen LogP contribution in [0.4, 0.5) is 8.78 Å². The second-order valence-electron chi connectivity index (χ2n) is 5.01. The first-order valence-corrected chi connectivity index (χ1v) is 7.44. The third-order valence-corrected chi connectivity index (χ3v) is 3.45. The van der Waals surface area contributed by atoms with Crippen LogP contribution >= 0.6 is 11.6 Å². The van der Waals surface area contributed by atoms with Gasteiger partial charge in [-0.25, -0.2) is 8.78 Å². The van der Waals surface area contributed by atoms with Crippen molar-refractivity contribution in [3.8, 4) is 22.8 Å². The molecule has 0 aliphatic rings. The van der Waals surface area contributed by atoms with Crippen LogP contribution in [0.15, 0.2) is 54.6 Å². The zero-order chi connectivity index (χ0) is 18.0. The topological polar surface area (TPSA) is 74.8 Å². The monoisotopic (exact) mass is 360 g/mol. The van der Waals surface area contributed by atoms with Gasteiger partial charge in [-0.3, -0.25) is 10.8 Å². The second-order valence-corrected chi connectivity index (χ2v) is 5.37. The molecule has 0 bridgehead atoms. The van der Waals surface area contributed by atoms with E-state index in [1.165, 1.54) is 42.5 Å². The number of aromatic nitrogens is 2.